The minimum absolute atomic E-state index is 0.0199. The third-order valence-corrected chi connectivity index (χ3v) is 2.23. The normalized spacial score (nSPS) is 18.2. The Morgan fingerprint density at radius 1 is 1.62 bits per heavy atom. The fraction of sp³-hybridized carbons (Fsp3) is 1.00. The van der Waals surface area contributed by atoms with Gasteiger partial charge in [0.05, 0.1) is 6.61 Å². The Hall–Kier alpha value is 0.0300. The van der Waals surface area contributed by atoms with Crippen LogP contribution in [0.2, 0.25) is 0 Å². The number of ether oxygens (including phenoxy) is 1. The number of rotatable bonds is 7. The van der Waals surface area contributed by atoms with Gasteiger partial charge in [0.15, 0.2) is 6.29 Å². The van der Waals surface area contributed by atoms with E-state index in [1.165, 1.54) is 7.11 Å². The van der Waals surface area contributed by atoms with E-state index < -0.39 is 14.1 Å². The zero-order valence-electron chi connectivity index (χ0n) is 7.80. The Balaban J connectivity index is 3.91. The van der Waals surface area contributed by atoms with Crippen LogP contribution in [0.4, 0.5) is 0 Å². The molecule has 0 aromatic heterocycles. The van der Waals surface area contributed by atoms with Gasteiger partial charge in [0, 0.05) is 13.7 Å². The lowest BCUT2D eigenvalue weighted by atomic mass is 10.5. The molecule has 0 saturated carbocycles. The van der Waals surface area contributed by atoms with Crippen molar-refractivity contribution in [3.63, 3.8) is 0 Å². The second-order valence-electron chi connectivity index (χ2n) is 2.27. The number of hydrogen-bond donors (Lipinski definition) is 2. The third-order valence-electron chi connectivity index (χ3n) is 1.22. The SMILES string of the molecule is CCC(OC)OP(=O)(O)OCCN. The number of phosphoric ester groups is 1. The molecule has 0 aliphatic carbocycles. The second kappa shape index (κ2) is 6.48. The molecule has 13 heavy (non-hydrogen) atoms. The van der Waals surface area contributed by atoms with Crippen LogP contribution in [0, 0.1) is 0 Å². The average Bonchev–Trinajstić information content (AvgIpc) is 2.11. The van der Waals surface area contributed by atoms with Crippen LogP contribution in [0.3, 0.4) is 0 Å². The molecule has 0 aromatic carbocycles. The lowest BCUT2D eigenvalue weighted by molar-refractivity contribution is -0.0733. The Morgan fingerprint density at radius 3 is 2.62 bits per heavy atom. The summed E-state index contributed by atoms with van der Waals surface area (Å²) in [5.41, 5.74) is 5.09. The largest absolute Gasteiger partial charge is 0.474 e. The lowest BCUT2D eigenvalue weighted by Crippen LogP contribution is -2.15. The van der Waals surface area contributed by atoms with Crippen molar-refractivity contribution >= 4 is 7.82 Å². The highest BCUT2D eigenvalue weighted by Gasteiger charge is 2.25. The first kappa shape index (κ1) is 13.0. The molecule has 0 aliphatic heterocycles. The smallest absolute Gasteiger partial charge is 0.355 e. The van der Waals surface area contributed by atoms with Crippen LogP contribution in [-0.2, 0) is 18.3 Å². The van der Waals surface area contributed by atoms with E-state index >= 15 is 0 Å². The fourth-order valence-corrected chi connectivity index (χ4v) is 1.56. The Bertz CT molecular complexity index is 172. The summed E-state index contributed by atoms with van der Waals surface area (Å²) in [6.07, 6.45) is -0.263. The molecular weight excluding hydrogens is 197 g/mol. The molecule has 2 atom stereocenters. The van der Waals surface area contributed by atoms with Gasteiger partial charge in [-0.05, 0) is 6.42 Å². The molecule has 3 N–H and O–H groups in total. The minimum Gasteiger partial charge on any atom is -0.355 e. The van der Waals surface area contributed by atoms with Crippen LogP contribution >= 0.6 is 7.82 Å². The van der Waals surface area contributed by atoms with Gasteiger partial charge in [-0.15, -0.1) is 0 Å². The molecular formula is C6H16NO5P. The van der Waals surface area contributed by atoms with E-state index in [4.69, 9.17) is 15.4 Å². The topological polar surface area (TPSA) is 91.0 Å². The number of phosphoric acid groups is 1. The Kier molecular flexibility index (Phi) is 6.49. The van der Waals surface area contributed by atoms with Gasteiger partial charge >= 0.3 is 7.82 Å². The van der Waals surface area contributed by atoms with E-state index in [-0.39, 0.29) is 13.2 Å². The third kappa shape index (κ3) is 6.15. The van der Waals surface area contributed by atoms with Gasteiger partial charge in [-0.25, -0.2) is 4.57 Å². The molecule has 0 amide bonds. The van der Waals surface area contributed by atoms with Gasteiger partial charge in [0.1, 0.15) is 0 Å². The highest BCUT2D eigenvalue weighted by atomic mass is 31.2. The summed E-state index contributed by atoms with van der Waals surface area (Å²) in [6.45, 7) is 1.91. The maximum Gasteiger partial charge on any atom is 0.474 e. The second-order valence-corrected chi connectivity index (χ2v) is 3.68. The van der Waals surface area contributed by atoms with E-state index in [2.05, 4.69) is 9.05 Å². The lowest BCUT2D eigenvalue weighted by Gasteiger charge is -2.17. The molecule has 0 bridgehead atoms. The van der Waals surface area contributed by atoms with E-state index in [1.54, 1.807) is 6.92 Å². The van der Waals surface area contributed by atoms with E-state index in [0.29, 0.717) is 6.42 Å². The summed E-state index contributed by atoms with van der Waals surface area (Å²) in [5.74, 6) is 0. The molecule has 0 radical (unpaired) electrons. The van der Waals surface area contributed by atoms with Gasteiger partial charge < -0.3 is 15.4 Å². The standard InChI is InChI=1S/C6H16NO5P/c1-3-6(10-2)12-13(8,9)11-5-4-7/h6H,3-5,7H2,1-2H3,(H,8,9). The Labute approximate surface area is 77.6 Å². The summed E-state index contributed by atoms with van der Waals surface area (Å²) in [6, 6.07) is 0. The first-order valence-corrected chi connectivity index (χ1v) is 5.44. The molecule has 0 heterocycles. The van der Waals surface area contributed by atoms with Gasteiger partial charge in [-0.3, -0.25) is 9.05 Å². The molecule has 80 valence electrons. The molecule has 0 saturated heterocycles. The maximum absolute atomic E-state index is 11.1. The van der Waals surface area contributed by atoms with E-state index in [9.17, 15) is 4.57 Å². The molecule has 0 fully saturated rings. The monoisotopic (exact) mass is 213 g/mol. The quantitative estimate of drug-likeness (QED) is 0.471. The number of methoxy groups -OCH3 is 1. The zero-order chi connectivity index (χ0) is 10.3. The molecule has 0 spiro atoms. The highest BCUT2D eigenvalue weighted by molar-refractivity contribution is 7.47. The van der Waals surface area contributed by atoms with Crippen molar-refractivity contribution < 1.29 is 23.2 Å². The minimum atomic E-state index is -4.00. The maximum atomic E-state index is 11.1. The molecule has 2 unspecified atom stereocenters. The van der Waals surface area contributed by atoms with Crippen LogP contribution in [0.5, 0.6) is 0 Å². The average molecular weight is 213 g/mol. The van der Waals surface area contributed by atoms with Crippen LogP contribution in [0.1, 0.15) is 13.3 Å². The van der Waals surface area contributed by atoms with Crippen molar-refractivity contribution in [2.75, 3.05) is 20.3 Å². The predicted molar refractivity (Wildman–Crippen MR) is 47.0 cm³/mol. The van der Waals surface area contributed by atoms with Crippen molar-refractivity contribution in [1.82, 2.24) is 0 Å². The summed E-state index contributed by atoms with van der Waals surface area (Å²) in [5, 5.41) is 0. The van der Waals surface area contributed by atoms with Crippen molar-refractivity contribution in [3.05, 3.63) is 0 Å². The van der Waals surface area contributed by atoms with Crippen LogP contribution < -0.4 is 5.73 Å². The first-order valence-electron chi connectivity index (χ1n) is 3.94. The first-order chi connectivity index (χ1) is 6.05. The molecule has 0 aliphatic rings. The summed E-state index contributed by atoms with van der Waals surface area (Å²) >= 11 is 0. The Morgan fingerprint density at radius 2 is 2.23 bits per heavy atom. The van der Waals surface area contributed by atoms with Gasteiger partial charge in [-0.1, -0.05) is 6.92 Å². The summed E-state index contributed by atoms with van der Waals surface area (Å²) in [4.78, 5) is 9.05. The number of nitrogens with two attached hydrogens (primary N) is 1. The van der Waals surface area contributed by atoms with Gasteiger partial charge in [0.25, 0.3) is 0 Å². The van der Waals surface area contributed by atoms with Crippen molar-refractivity contribution in [2.45, 2.75) is 19.6 Å². The molecule has 0 rings (SSSR count). The number of hydrogen-bond acceptors (Lipinski definition) is 5. The van der Waals surface area contributed by atoms with Crippen LogP contribution in [-0.4, -0.2) is 31.4 Å². The van der Waals surface area contributed by atoms with Crippen molar-refractivity contribution in [2.24, 2.45) is 5.73 Å². The molecule has 0 aromatic rings. The highest BCUT2D eigenvalue weighted by Crippen LogP contribution is 2.44. The van der Waals surface area contributed by atoms with E-state index in [1.807, 2.05) is 0 Å². The molecule has 6 nitrogen and oxygen atoms in total. The predicted octanol–water partition coefficient (Wildman–Crippen LogP) is 0.461. The van der Waals surface area contributed by atoms with E-state index in [0.717, 1.165) is 0 Å². The summed E-state index contributed by atoms with van der Waals surface area (Å²) < 4.78 is 25.0. The van der Waals surface area contributed by atoms with Crippen molar-refractivity contribution in [3.8, 4) is 0 Å². The summed E-state index contributed by atoms with van der Waals surface area (Å²) in [7, 11) is -2.62. The van der Waals surface area contributed by atoms with Gasteiger partial charge in [-0.2, -0.15) is 0 Å². The van der Waals surface area contributed by atoms with Gasteiger partial charge in [0.2, 0.25) is 0 Å². The van der Waals surface area contributed by atoms with Crippen LogP contribution in [0.15, 0.2) is 0 Å². The molecule has 7 heteroatoms. The van der Waals surface area contributed by atoms with Crippen LogP contribution in [0.25, 0.3) is 0 Å². The van der Waals surface area contributed by atoms with Crippen molar-refractivity contribution in [1.29, 1.82) is 0 Å². The fourth-order valence-electron chi connectivity index (χ4n) is 0.631. The zero-order valence-corrected chi connectivity index (χ0v) is 8.70.